The van der Waals surface area contributed by atoms with Crippen molar-refractivity contribution in [1.29, 1.82) is 0 Å². The van der Waals surface area contributed by atoms with Crippen molar-refractivity contribution in [2.24, 2.45) is 0 Å². The van der Waals surface area contributed by atoms with Gasteiger partial charge in [0.1, 0.15) is 0 Å². The first kappa shape index (κ1) is 13.8. The first-order valence-electron chi connectivity index (χ1n) is 7.12. The zero-order valence-electron chi connectivity index (χ0n) is 11.2. The SMILES string of the molecule is O=C(CSc1nnnn1C1CC1)N[C@@H]1CCCC[C@H]1O. The summed E-state index contributed by atoms with van der Waals surface area (Å²) in [5, 5.41) is 25.0. The first-order valence-corrected chi connectivity index (χ1v) is 8.10. The van der Waals surface area contributed by atoms with Crippen molar-refractivity contribution in [3.8, 4) is 0 Å². The fourth-order valence-corrected chi connectivity index (χ4v) is 3.24. The van der Waals surface area contributed by atoms with E-state index in [-0.39, 0.29) is 17.7 Å². The molecule has 1 amide bonds. The molecule has 110 valence electrons. The van der Waals surface area contributed by atoms with Crippen LogP contribution in [0.5, 0.6) is 0 Å². The average Bonchev–Trinajstić information content (AvgIpc) is 3.18. The molecule has 3 rings (SSSR count). The summed E-state index contributed by atoms with van der Waals surface area (Å²) in [5.74, 6) is 0.224. The van der Waals surface area contributed by atoms with Crippen LogP contribution >= 0.6 is 11.8 Å². The number of carbonyl (C=O) groups excluding carboxylic acids is 1. The molecule has 2 saturated carbocycles. The summed E-state index contributed by atoms with van der Waals surface area (Å²) >= 11 is 1.35. The van der Waals surface area contributed by atoms with Crippen molar-refractivity contribution in [2.45, 2.75) is 61.9 Å². The third kappa shape index (κ3) is 3.29. The Hall–Kier alpha value is -1.15. The minimum absolute atomic E-state index is 0.0636. The van der Waals surface area contributed by atoms with E-state index in [4.69, 9.17) is 0 Å². The minimum Gasteiger partial charge on any atom is -0.391 e. The number of thioether (sulfide) groups is 1. The molecule has 0 radical (unpaired) electrons. The number of aromatic nitrogens is 4. The second kappa shape index (κ2) is 6.09. The highest BCUT2D eigenvalue weighted by Crippen LogP contribution is 2.36. The Bertz CT molecular complexity index is 476. The van der Waals surface area contributed by atoms with Gasteiger partial charge in [-0.15, -0.1) is 5.10 Å². The van der Waals surface area contributed by atoms with Crippen molar-refractivity contribution in [1.82, 2.24) is 25.5 Å². The summed E-state index contributed by atoms with van der Waals surface area (Å²) in [4.78, 5) is 11.9. The summed E-state index contributed by atoms with van der Waals surface area (Å²) in [5.41, 5.74) is 0. The van der Waals surface area contributed by atoms with Crippen LogP contribution in [0.4, 0.5) is 0 Å². The number of nitrogens with one attached hydrogen (secondary N) is 1. The fourth-order valence-electron chi connectivity index (χ4n) is 2.49. The Morgan fingerprint density at radius 1 is 1.35 bits per heavy atom. The zero-order chi connectivity index (χ0) is 13.9. The van der Waals surface area contributed by atoms with Gasteiger partial charge in [0.2, 0.25) is 11.1 Å². The number of aliphatic hydroxyl groups is 1. The van der Waals surface area contributed by atoms with Crippen LogP contribution < -0.4 is 5.32 Å². The lowest BCUT2D eigenvalue weighted by Crippen LogP contribution is -2.45. The Balaban J connectivity index is 1.47. The second-order valence-electron chi connectivity index (χ2n) is 5.45. The van der Waals surface area contributed by atoms with E-state index >= 15 is 0 Å². The molecule has 0 spiro atoms. The number of aliphatic hydroxyl groups excluding tert-OH is 1. The lowest BCUT2D eigenvalue weighted by Gasteiger charge is -2.28. The van der Waals surface area contributed by atoms with Crippen LogP contribution in [-0.2, 0) is 4.79 Å². The number of rotatable bonds is 5. The van der Waals surface area contributed by atoms with E-state index in [1.54, 1.807) is 4.68 Å². The van der Waals surface area contributed by atoms with E-state index in [0.717, 1.165) is 38.5 Å². The van der Waals surface area contributed by atoms with Gasteiger partial charge in [-0.1, -0.05) is 24.6 Å². The largest absolute Gasteiger partial charge is 0.391 e. The number of carbonyl (C=O) groups is 1. The van der Waals surface area contributed by atoms with Crippen LogP contribution in [0.1, 0.15) is 44.6 Å². The molecule has 0 bridgehead atoms. The Kier molecular flexibility index (Phi) is 4.21. The van der Waals surface area contributed by atoms with Crippen LogP contribution in [0.25, 0.3) is 0 Å². The van der Waals surface area contributed by atoms with Crippen molar-refractivity contribution < 1.29 is 9.90 Å². The molecule has 0 unspecified atom stereocenters. The highest BCUT2D eigenvalue weighted by molar-refractivity contribution is 7.99. The van der Waals surface area contributed by atoms with Crippen molar-refractivity contribution in [3.05, 3.63) is 0 Å². The maximum absolute atomic E-state index is 11.9. The van der Waals surface area contributed by atoms with Crippen LogP contribution in [-0.4, -0.2) is 49.1 Å². The van der Waals surface area contributed by atoms with Gasteiger partial charge in [-0.25, -0.2) is 4.68 Å². The predicted octanol–water partition coefficient (Wildman–Crippen LogP) is 0.520. The molecule has 1 aromatic rings. The molecule has 1 heterocycles. The van der Waals surface area contributed by atoms with Gasteiger partial charge in [0.25, 0.3) is 0 Å². The van der Waals surface area contributed by atoms with E-state index in [2.05, 4.69) is 20.8 Å². The van der Waals surface area contributed by atoms with Gasteiger partial charge in [-0.3, -0.25) is 4.79 Å². The van der Waals surface area contributed by atoms with E-state index in [1.807, 2.05) is 0 Å². The summed E-state index contributed by atoms with van der Waals surface area (Å²) in [6.45, 7) is 0. The van der Waals surface area contributed by atoms with Crippen LogP contribution in [0.15, 0.2) is 5.16 Å². The highest BCUT2D eigenvalue weighted by atomic mass is 32.2. The Labute approximate surface area is 121 Å². The lowest BCUT2D eigenvalue weighted by atomic mass is 9.93. The molecule has 2 aliphatic rings. The van der Waals surface area contributed by atoms with Gasteiger partial charge in [0.05, 0.1) is 23.9 Å². The number of tetrazole rings is 1. The molecule has 2 aliphatic carbocycles. The van der Waals surface area contributed by atoms with E-state index in [1.165, 1.54) is 11.8 Å². The van der Waals surface area contributed by atoms with Gasteiger partial charge in [-0.05, 0) is 36.1 Å². The molecule has 8 heteroatoms. The molecular formula is C12H19N5O2S. The minimum atomic E-state index is -0.408. The molecule has 1 aromatic heterocycles. The summed E-state index contributed by atoms with van der Waals surface area (Å²) in [6, 6.07) is 0.312. The standard InChI is InChI=1S/C12H19N5O2S/c18-10-4-2-1-3-9(10)13-11(19)7-20-12-14-15-16-17(12)8-5-6-8/h8-10,18H,1-7H2,(H,13,19)/t9-,10-/m1/s1. The van der Waals surface area contributed by atoms with Crippen molar-refractivity contribution >= 4 is 17.7 Å². The Morgan fingerprint density at radius 2 is 2.15 bits per heavy atom. The molecule has 20 heavy (non-hydrogen) atoms. The normalized spacial score (nSPS) is 26.4. The van der Waals surface area contributed by atoms with Crippen LogP contribution in [0, 0.1) is 0 Å². The number of amides is 1. The Morgan fingerprint density at radius 3 is 2.90 bits per heavy atom. The van der Waals surface area contributed by atoms with Gasteiger partial charge in [-0.2, -0.15) is 0 Å². The summed E-state index contributed by atoms with van der Waals surface area (Å²) in [6.07, 6.45) is 5.55. The third-order valence-electron chi connectivity index (χ3n) is 3.76. The van der Waals surface area contributed by atoms with E-state index in [9.17, 15) is 9.90 Å². The third-order valence-corrected chi connectivity index (χ3v) is 4.70. The molecule has 2 fully saturated rings. The maximum Gasteiger partial charge on any atom is 0.230 e. The van der Waals surface area contributed by atoms with Crippen molar-refractivity contribution in [2.75, 3.05) is 5.75 Å². The van der Waals surface area contributed by atoms with Gasteiger partial charge >= 0.3 is 0 Å². The smallest absolute Gasteiger partial charge is 0.230 e. The predicted molar refractivity (Wildman–Crippen MR) is 73.2 cm³/mol. The van der Waals surface area contributed by atoms with Crippen LogP contribution in [0.3, 0.4) is 0 Å². The lowest BCUT2D eigenvalue weighted by molar-refractivity contribution is -0.120. The first-order chi connectivity index (χ1) is 9.74. The summed E-state index contributed by atoms with van der Waals surface area (Å²) in [7, 11) is 0. The van der Waals surface area contributed by atoms with E-state index < -0.39 is 6.10 Å². The molecule has 2 atom stereocenters. The monoisotopic (exact) mass is 297 g/mol. The fraction of sp³-hybridized carbons (Fsp3) is 0.833. The molecule has 0 aromatic carbocycles. The van der Waals surface area contributed by atoms with Gasteiger partial charge in [0.15, 0.2) is 0 Å². The topological polar surface area (TPSA) is 92.9 Å². The zero-order valence-corrected chi connectivity index (χ0v) is 12.1. The summed E-state index contributed by atoms with van der Waals surface area (Å²) < 4.78 is 1.80. The van der Waals surface area contributed by atoms with Crippen molar-refractivity contribution in [3.63, 3.8) is 0 Å². The number of nitrogens with zero attached hydrogens (tertiary/aromatic N) is 4. The van der Waals surface area contributed by atoms with Gasteiger partial charge in [0, 0.05) is 0 Å². The average molecular weight is 297 g/mol. The molecular weight excluding hydrogens is 278 g/mol. The molecule has 7 nitrogen and oxygen atoms in total. The van der Waals surface area contributed by atoms with Gasteiger partial charge < -0.3 is 10.4 Å². The molecule has 0 aliphatic heterocycles. The highest BCUT2D eigenvalue weighted by Gasteiger charge is 2.28. The molecule has 0 saturated heterocycles. The number of hydrogen-bond acceptors (Lipinski definition) is 6. The van der Waals surface area contributed by atoms with Crippen LogP contribution in [0.2, 0.25) is 0 Å². The molecule has 2 N–H and O–H groups in total. The van der Waals surface area contributed by atoms with E-state index in [0.29, 0.717) is 11.2 Å². The maximum atomic E-state index is 11.9. The quantitative estimate of drug-likeness (QED) is 0.770. The number of hydrogen-bond donors (Lipinski definition) is 2. The second-order valence-corrected chi connectivity index (χ2v) is 6.39.